The smallest absolute Gasteiger partial charge is 0.0532 e. The molecule has 4 rings (SSSR count). The normalized spacial score (nSPS) is 15.0. The number of aryl methyl sites for hydroxylation is 1. The van der Waals surface area contributed by atoms with Crippen LogP contribution in [-0.4, -0.2) is 9.97 Å². The zero-order valence-corrected chi connectivity index (χ0v) is 13.5. The molecule has 1 aliphatic carbocycles. The highest BCUT2D eigenvalue weighted by atomic mass is 32.1. The number of pyridine rings is 2. The van der Waals surface area contributed by atoms with Crippen molar-refractivity contribution in [2.75, 3.05) is 0 Å². The van der Waals surface area contributed by atoms with Gasteiger partial charge >= 0.3 is 0 Å². The second-order valence-corrected chi connectivity index (χ2v) is 7.08. The minimum Gasteiger partial charge on any atom is -0.263 e. The minimum atomic E-state index is 0.677. The van der Waals surface area contributed by atoms with Gasteiger partial charge in [0, 0.05) is 40.1 Å². The standard InChI is InChI=1S/C19H18N2S/c1-12(18-10-15-8-9-20-11-19(15)22-18)16-6-7-17(21-13(16)2)14-4-3-5-14/h6-11,14H,1,3-5H2,2H3. The van der Waals surface area contributed by atoms with E-state index in [1.54, 1.807) is 11.3 Å². The third-order valence-electron chi connectivity index (χ3n) is 4.58. The SMILES string of the molecule is C=C(c1cc2ccncc2s1)c1ccc(C2CCC2)nc1C. The Morgan fingerprint density at radius 3 is 2.82 bits per heavy atom. The molecule has 3 heteroatoms. The first kappa shape index (κ1) is 13.6. The summed E-state index contributed by atoms with van der Waals surface area (Å²) in [4.78, 5) is 10.2. The van der Waals surface area contributed by atoms with Crippen molar-refractivity contribution in [3.63, 3.8) is 0 Å². The lowest BCUT2D eigenvalue weighted by atomic mass is 9.82. The monoisotopic (exact) mass is 306 g/mol. The molecule has 1 aliphatic rings. The number of thiophene rings is 1. The number of aromatic nitrogens is 2. The Labute approximate surface area is 134 Å². The molecule has 0 spiro atoms. The number of rotatable bonds is 3. The van der Waals surface area contributed by atoms with E-state index in [-0.39, 0.29) is 0 Å². The van der Waals surface area contributed by atoms with Gasteiger partial charge in [0.2, 0.25) is 0 Å². The first-order valence-electron chi connectivity index (χ1n) is 7.73. The summed E-state index contributed by atoms with van der Waals surface area (Å²) in [5, 5.41) is 1.23. The van der Waals surface area contributed by atoms with E-state index < -0.39 is 0 Å². The average molecular weight is 306 g/mol. The maximum atomic E-state index is 4.83. The van der Waals surface area contributed by atoms with Crippen LogP contribution in [-0.2, 0) is 0 Å². The van der Waals surface area contributed by atoms with Crippen LogP contribution >= 0.6 is 11.3 Å². The van der Waals surface area contributed by atoms with Gasteiger partial charge in [-0.25, -0.2) is 0 Å². The largest absolute Gasteiger partial charge is 0.263 e. The fourth-order valence-electron chi connectivity index (χ4n) is 3.00. The second-order valence-electron chi connectivity index (χ2n) is 6.00. The molecule has 0 atom stereocenters. The second kappa shape index (κ2) is 5.33. The van der Waals surface area contributed by atoms with Crippen LogP contribution in [0.4, 0.5) is 0 Å². The fourth-order valence-corrected chi connectivity index (χ4v) is 4.01. The zero-order valence-electron chi connectivity index (χ0n) is 12.7. The molecule has 0 saturated heterocycles. The van der Waals surface area contributed by atoms with Crippen LogP contribution in [0, 0.1) is 6.92 Å². The third kappa shape index (κ3) is 2.26. The fraction of sp³-hybridized carbons (Fsp3) is 0.263. The average Bonchev–Trinajstić information content (AvgIpc) is 2.89. The molecule has 22 heavy (non-hydrogen) atoms. The molecule has 110 valence electrons. The lowest BCUT2D eigenvalue weighted by Crippen LogP contribution is -2.11. The Kier molecular flexibility index (Phi) is 3.30. The third-order valence-corrected chi connectivity index (χ3v) is 5.72. The molecule has 0 unspecified atom stereocenters. The predicted octanol–water partition coefficient (Wildman–Crippen LogP) is 5.33. The molecule has 0 bridgehead atoms. The van der Waals surface area contributed by atoms with Gasteiger partial charge in [0.15, 0.2) is 0 Å². The maximum absolute atomic E-state index is 4.83. The summed E-state index contributed by atoms with van der Waals surface area (Å²) < 4.78 is 1.20. The summed E-state index contributed by atoms with van der Waals surface area (Å²) in [6.07, 6.45) is 7.67. The number of hydrogen-bond acceptors (Lipinski definition) is 3. The highest BCUT2D eigenvalue weighted by molar-refractivity contribution is 7.20. The van der Waals surface area contributed by atoms with E-state index in [2.05, 4.69) is 36.7 Å². The molecule has 3 heterocycles. The van der Waals surface area contributed by atoms with Crippen LogP contribution < -0.4 is 0 Å². The highest BCUT2D eigenvalue weighted by Gasteiger charge is 2.21. The number of hydrogen-bond donors (Lipinski definition) is 0. The van der Waals surface area contributed by atoms with E-state index in [0.29, 0.717) is 5.92 Å². The molecule has 1 fully saturated rings. The van der Waals surface area contributed by atoms with Crippen molar-refractivity contribution < 1.29 is 0 Å². The lowest BCUT2D eigenvalue weighted by molar-refractivity contribution is 0.410. The van der Waals surface area contributed by atoms with Gasteiger partial charge in [0.1, 0.15) is 0 Å². The van der Waals surface area contributed by atoms with Crippen LogP contribution in [0.5, 0.6) is 0 Å². The first-order chi connectivity index (χ1) is 10.7. The summed E-state index contributed by atoms with van der Waals surface area (Å²) in [6, 6.07) is 8.63. The topological polar surface area (TPSA) is 25.8 Å². The quantitative estimate of drug-likeness (QED) is 0.653. The van der Waals surface area contributed by atoms with E-state index in [0.717, 1.165) is 16.8 Å². The highest BCUT2D eigenvalue weighted by Crippen LogP contribution is 2.37. The van der Waals surface area contributed by atoms with E-state index >= 15 is 0 Å². The van der Waals surface area contributed by atoms with Gasteiger partial charge in [0.05, 0.1) is 4.70 Å². The molecule has 3 aromatic heterocycles. The Morgan fingerprint density at radius 1 is 1.27 bits per heavy atom. The number of fused-ring (bicyclic) bond motifs is 1. The Balaban J connectivity index is 1.69. The van der Waals surface area contributed by atoms with Gasteiger partial charge < -0.3 is 0 Å². The summed E-state index contributed by atoms with van der Waals surface area (Å²) in [7, 11) is 0. The van der Waals surface area contributed by atoms with E-state index in [1.165, 1.54) is 39.9 Å². The predicted molar refractivity (Wildman–Crippen MR) is 93.3 cm³/mol. The first-order valence-corrected chi connectivity index (χ1v) is 8.55. The Morgan fingerprint density at radius 2 is 2.14 bits per heavy atom. The molecule has 3 aromatic rings. The molecule has 0 amide bonds. The summed E-state index contributed by atoms with van der Waals surface area (Å²) in [5.74, 6) is 0.677. The number of nitrogens with zero attached hydrogens (tertiary/aromatic N) is 2. The molecule has 2 nitrogen and oxygen atoms in total. The van der Waals surface area contributed by atoms with Gasteiger partial charge in [-0.3, -0.25) is 9.97 Å². The molecule has 0 aliphatic heterocycles. The summed E-state index contributed by atoms with van der Waals surface area (Å²) in [6.45, 7) is 6.40. The zero-order chi connectivity index (χ0) is 15.1. The van der Waals surface area contributed by atoms with Crippen molar-refractivity contribution in [3.8, 4) is 0 Å². The molecule has 0 N–H and O–H groups in total. The summed E-state index contributed by atoms with van der Waals surface area (Å²) >= 11 is 1.75. The molecular weight excluding hydrogens is 288 g/mol. The van der Waals surface area contributed by atoms with Gasteiger partial charge in [-0.1, -0.05) is 19.1 Å². The summed E-state index contributed by atoms with van der Waals surface area (Å²) in [5.41, 5.74) is 4.56. The van der Waals surface area contributed by atoms with Crippen LogP contribution in [0.3, 0.4) is 0 Å². The maximum Gasteiger partial charge on any atom is 0.0532 e. The molecular formula is C19H18N2S. The van der Waals surface area contributed by atoms with Crippen LogP contribution in [0.15, 0.2) is 43.2 Å². The van der Waals surface area contributed by atoms with E-state index in [4.69, 9.17) is 4.98 Å². The molecule has 0 aromatic carbocycles. The van der Waals surface area contributed by atoms with Crippen molar-refractivity contribution in [2.24, 2.45) is 0 Å². The van der Waals surface area contributed by atoms with Gasteiger partial charge in [-0.15, -0.1) is 11.3 Å². The van der Waals surface area contributed by atoms with Gasteiger partial charge in [0.25, 0.3) is 0 Å². The Hall–Kier alpha value is -2.00. The van der Waals surface area contributed by atoms with E-state index in [9.17, 15) is 0 Å². The van der Waals surface area contributed by atoms with Crippen LogP contribution in [0.1, 0.15) is 47.0 Å². The van der Waals surface area contributed by atoms with Crippen molar-refractivity contribution in [1.29, 1.82) is 0 Å². The lowest BCUT2D eigenvalue weighted by Gasteiger charge is -2.25. The van der Waals surface area contributed by atoms with E-state index in [1.807, 2.05) is 18.5 Å². The van der Waals surface area contributed by atoms with Crippen molar-refractivity contribution in [3.05, 3.63) is 65.1 Å². The minimum absolute atomic E-state index is 0.677. The van der Waals surface area contributed by atoms with Crippen LogP contribution in [0.25, 0.3) is 15.7 Å². The van der Waals surface area contributed by atoms with Crippen molar-refractivity contribution in [2.45, 2.75) is 32.1 Å². The van der Waals surface area contributed by atoms with Gasteiger partial charge in [-0.05, 0) is 48.9 Å². The molecule has 1 saturated carbocycles. The Bertz CT molecular complexity index is 826. The van der Waals surface area contributed by atoms with Crippen molar-refractivity contribution >= 4 is 27.0 Å². The molecule has 0 radical (unpaired) electrons. The van der Waals surface area contributed by atoms with Crippen LogP contribution in [0.2, 0.25) is 0 Å². The van der Waals surface area contributed by atoms with Gasteiger partial charge in [-0.2, -0.15) is 0 Å². The van der Waals surface area contributed by atoms with Crippen molar-refractivity contribution in [1.82, 2.24) is 9.97 Å².